The highest BCUT2D eigenvalue weighted by atomic mass is 79.9. The first-order chi connectivity index (χ1) is 7.91. The average Bonchev–Trinajstić information content (AvgIpc) is 2.61. The third kappa shape index (κ3) is 2.43. The van der Waals surface area contributed by atoms with Crippen molar-refractivity contribution in [1.29, 1.82) is 0 Å². The number of hydrogen-bond acceptors (Lipinski definition) is 4. The number of nitrogens with one attached hydrogen (secondary N) is 1. The van der Waals surface area contributed by atoms with Crippen molar-refractivity contribution in [3.63, 3.8) is 0 Å². The minimum atomic E-state index is -0.655. The minimum Gasteiger partial charge on any atom is -0.294 e. The molecular formula is C11H13BrN2O2S. The summed E-state index contributed by atoms with van der Waals surface area (Å²) in [6.07, 6.45) is 0. The molecule has 0 saturated carbocycles. The molecule has 2 rings (SSSR count). The fraction of sp³-hybridized carbons (Fsp3) is 0.455. The molecule has 2 amide bonds. The summed E-state index contributed by atoms with van der Waals surface area (Å²) in [5, 5.41) is 4.35. The number of carbonyl (C=O) groups is 2. The van der Waals surface area contributed by atoms with Gasteiger partial charge in [-0.1, -0.05) is 0 Å². The number of nitrogens with zero attached hydrogens (tertiary/aromatic N) is 1. The maximum atomic E-state index is 11.8. The van der Waals surface area contributed by atoms with E-state index in [0.29, 0.717) is 6.54 Å². The van der Waals surface area contributed by atoms with E-state index < -0.39 is 5.54 Å². The quantitative estimate of drug-likeness (QED) is 0.846. The van der Waals surface area contributed by atoms with E-state index >= 15 is 0 Å². The van der Waals surface area contributed by atoms with Crippen molar-refractivity contribution >= 4 is 39.1 Å². The Morgan fingerprint density at radius 2 is 2.24 bits per heavy atom. The first kappa shape index (κ1) is 12.7. The molecule has 1 aliphatic heterocycles. The summed E-state index contributed by atoms with van der Waals surface area (Å²) in [4.78, 5) is 26.2. The number of hydrogen-bond donors (Lipinski definition) is 1. The van der Waals surface area contributed by atoms with Gasteiger partial charge in [-0.15, -0.1) is 11.3 Å². The summed E-state index contributed by atoms with van der Waals surface area (Å²) >= 11 is 5.07. The zero-order chi connectivity index (χ0) is 12.6. The third-order valence-corrected chi connectivity index (χ3v) is 4.87. The molecule has 0 aromatic carbocycles. The highest BCUT2D eigenvalue weighted by molar-refractivity contribution is 9.10. The van der Waals surface area contributed by atoms with E-state index in [4.69, 9.17) is 0 Å². The van der Waals surface area contributed by atoms with Gasteiger partial charge in [0.25, 0.3) is 0 Å². The number of halogens is 1. The second-order valence-electron chi connectivity index (χ2n) is 4.48. The van der Waals surface area contributed by atoms with Crippen LogP contribution < -0.4 is 5.32 Å². The van der Waals surface area contributed by atoms with Gasteiger partial charge in [0.1, 0.15) is 0 Å². The molecule has 17 heavy (non-hydrogen) atoms. The Hall–Kier alpha value is -0.720. The molecule has 0 bridgehead atoms. The SMILES string of the molecule is CC1(C)C(=O)NC(=O)CN1Cc1sccc1Br. The van der Waals surface area contributed by atoms with Gasteiger partial charge in [0.15, 0.2) is 0 Å². The Morgan fingerprint density at radius 1 is 1.53 bits per heavy atom. The summed E-state index contributed by atoms with van der Waals surface area (Å²) in [7, 11) is 0. The molecule has 92 valence electrons. The number of amides is 2. The minimum absolute atomic E-state index is 0.234. The van der Waals surface area contributed by atoms with Gasteiger partial charge in [0.2, 0.25) is 11.8 Å². The van der Waals surface area contributed by atoms with E-state index in [1.807, 2.05) is 30.2 Å². The lowest BCUT2D eigenvalue weighted by Crippen LogP contribution is -2.63. The van der Waals surface area contributed by atoms with Crippen molar-refractivity contribution < 1.29 is 9.59 Å². The normalized spacial score (nSPS) is 20.4. The molecule has 0 atom stereocenters. The van der Waals surface area contributed by atoms with Crippen molar-refractivity contribution in [2.45, 2.75) is 25.9 Å². The van der Waals surface area contributed by atoms with Gasteiger partial charge in [-0.3, -0.25) is 19.8 Å². The maximum Gasteiger partial charge on any atom is 0.246 e. The lowest BCUT2D eigenvalue weighted by molar-refractivity contribution is -0.145. The molecule has 1 fully saturated rings. The molecule has 6 heteroatoms. The molecule has 1 saturated heterocycles. The molecule has 0 aliphatic carbocycles. The molecule has 1 aromatic heterocycles. The Balaban J connectivity index is 2.21. The van der Waals surface area contributed by atoms with Gasteiger partial charge in [0.05, 0.1) is 12.1 Å². The predicted molar refractivity (Wildman–Crippen MR) is 69.7 cm³/mol. The number of piperazine rings is 1. The van der Waals surface area contributed by atoms with E-state index in [9.17, 15) is 9.59 Å². The number of carbonyl (C=O) groups excluding carboxylic acids is 2. The molecule has 1 aromatic rings. The Kier molecular flexibility index (Phi) is 3.38. The van der Waals surface area contributed by atoms with Crippen LogP contribution in [0.15, 0.2) is 15.9 Å². The van der Waals surface area contributed by atoms with Gasteiger partial charge in [-0.25, -0.2) is 0 Å². The lowest BCUT2D eigenvalue weighted by atomic mass is 9.98. The molecule has 0 unspecified atom stereocenters. The second kappa shape index (κ2) is 4.51. The van der Waals surface area contributed by atoms with E-state index in [2.05, 4.69) is 21.2 Å². The maximum absolute atomic E-state index is 11.8. The van der Waals surface area contributed by atoms with Crippen LogP contribution >= 0.6 is 27.3 Å². The predicted octanol–water partition coefficient (Wildman–Crippen LogP) is 1.75. The average molecular weight is 317 g/mol. The van der Waals surface area contributed by atoms with Gasteiger partial charge >= 0.3 is 0 Å². The Labute approximate surface area is 112 Å². The van der Waals surface area contributed by atoms with Gasteiger partial charge in [-0.2, -0.15) is 0 Å². The zero-order valence-electron chi connectivity index (χ0n) is 9.62. The van der Waals surface area contributed by atoms with Crippen molar-refractivity contribution in [2.75, 3.05) is 6.54 Å². The van der Waals surface area contributed by atoms with Crippen LogP contribution in [0.1, 0.15) is 18.7 Å². The van der Waals surface area contributed by atoms with Gasteiger partial charge in [-0.05, 0) is 41.2 Å². The highest BCUT2D eigenvalue weighted by Crippen LogP contribution is 2.28. The van der Waals surface area contributed by atoms with Crippen LogP contribution in [0.5, 0.6) is 0 Å². The summed E-state index contributed by atoms with van der Waals surface area (Å²) < 4.78 is 1.02. The monoisotopic (exact) mass is 316 g/mol. The van der Waals surface area contributed by atoms with Crippen molar-refractivity contribution in [3.05, 3.63) is 20.8 Å². The van der Waals surface area contributed by atoms with Crippen LogP contribution in [0.2, 0.25) is 0 Å². The number of imide groups is 1. The summed E-state index contributed by atoms with van der Waals surface area (Å²) in [6, 6.07) is 1.97. The Bertz CT molecular complexity index is 470. The first-order valence-electron chi connectivity index (χ1n) is 5.22. The van der Waals surface area contributed by atoms with E-state index in [-0.39, 0.29) is 18.4 Å². The number of thiophene rings is 1. The van der Waals surface area contributed by atoms with E-state index in [0.717, 1.165) is 9.35 Å². The smallest absolute Gasteiger partial charge is 0.246 e. The zero-order valence-corrected chi connectivity index (χ0v) is 12.0. The second-order valence-corrected chi connectivity index (χ2v) is 6.34. The first-order valence-corrected chi connectivity index (χ1v) is 6.89. The highest BCUT2D eigenvalue weighted by Gasteiger charge is 2.40. The molecule has 4 nitrogen and oxygen atoms in total. The summed E-state index contributed by atoms with van der Waals surface area (Å²) in [5.74, 6) is -0.469. The third-order valence-electron chi connectivity index (χ3n) is 2.96. The van der Waals surface area contributed by atoms with Gasteiger partial charge < -0.3 is 0 Å². The van der Waals surface area contributed by atoms with E-state index in [1.54, 1.807) is 11.3 Å². The number of rotatable bonds is 2. The molecular weight excluding hydrogens is 304 g/mol. The lowest BCUT2D eigenvalue weighted by Gasteiger charge is -2.39. The van der Waals surface area contributed by atoms with Crippen LogP contribution in [0.3, 0.4) is 0 Å². The molecule has 1 N–H and O–H groups in total. The molecule has 1 aliphatic rings. The van der Waals surface area contributed by atoms with Crippen LogP contribution in [0, 0.1) is 0 Å². The van der Waals surface area contributed by atoms with E-state index in [1.165, 1.54) is 0 Å². The fourth-order valence-electron chi connectivity index (χ4n) is 1.70. The summed E-state index contributed by atoms with van der Waals surface area (Å²) in [6.45, 7) is 4.51. The topological polar surface area (TPSA) is 49.4 Å². The van der Waals surface area contributed by atoms with Crippen LogP contribution in [-0.4, -0.2) is 28.8 Å². The van der Waals surface area contributed by atoms with Crippen LogP contribution in [-0.2, 0) is 16.1 Å². The summed E-state index contributed by atoms with van der Waals surface area (Å²) in [5.41, 5.74) is -0.655. The molecule has 0 spiro atoms. The Morgan fingerprint density at radius 3 is 2.82 bits per heavy atom. The molecule has 0 radical (unpaired) electrons. The van der Waals surface area contributed by atoms with Crippen LogP contribution in [0.4, 0.5) is 0 Å². The van der Waals surface area contributed by atoms with Crippen LogP contribution in [0.25, 0.3) is 0 Å². The fourth-order valence-corrected chi connectivity index (χ4v) is 3.19. The van der Waals surface area contributed by atoms with Crippen molar-refractivity contribution in [3.8, 4) is 0 Å². The largest absolute Gasteiger partial charge is 0.294 e. The molecule has 2 heterocycles. The van der Waals surface area contributed by atoms with Crippen molar-refractivity contribution in [2.24, 2.45) is 0 Å². The van der Waals surface area contributed by atoms with Crippen molar-refractivity contribution in [1.82, 2.24) is 10.2 Å². The standard InChI is InChI=1S/C11H13BrN2O2S/c1-11(2)10(16)13-9(15)6-14(11)5-8-7(12)3-4-17-8/h3-4H,5-6H2,1-2H3,(H,13,15,16). The van der Waals surface area contributed by atoms with Gasteiger partial charge in [0, 0.05) is 15.9 Å².